The van der Waals surface area contributed by atoms with Crippen LogP contribution < -0.4 is 15.8 Å². The molecule has 5 rings (SSSR count). The van der Waals surface area contributed by atoms with Crippen LogP contribution in [0.25, 0.3) is 0 Å². The Labute approximate surface area is 259 Å². The molecule has 1 fully saturated rings. The summed E-state index contributed by atoms with van der Waals surface area (Å²) in [5.74, 6) is -0.903. The van der Waals surface area contributed by atoms with Gasteiger partial charge in [-0.25, -0.2) is 4.79 Å². The maximum Gasteiger partial charge on any atom is 0.326 e. The molecule has 2 aliphatic heterocycles. The number of nitrogens with two attached hydrogens (primary N) is 1. The Hall–Kier alpha value is -4.71. The number of urea groups is 1. The number of hydrogen-bond donors (Lipinski definition) is 2. The quantitative estimate of drug-likeness (QED) is 0.305. The molecule has 12 nitrogen and oxygen atoms in total. The van der Waals surface area contributed by atoms with E-state index in [9.17, 15) is 19.2 Å². The van der Waals surface area contributed by atoms with Crippen LogP contribution in [0.2, 0.25) is 5.02 Å². The first kappa shape index (κ1) is 30.7. The number of aliphatic imine (C=N–C) groups is 1. The zero-order valence-corrected chi connectivity index (χ0v) is 25.7. The summed E-state index contributed by atoms with van der Waals surface area (Å²) in [5.41, 5.74) is 6.64. The minimum atomic E-state index is -0.746. The van der Waals surface area contributed by atoms with Crippen molar-refractivity contribution in [2.24, 2.45) is 17.8 Å². The highest BCUT2D eigenvalue weighted by molar-refractivity contribution is 6.30. The first-order chi connectivity index (χ1) is 20.8. The minimum absolute atomic E-state index is 0.116. The van der Waals surface area contributed by atoms with E-state index in [2.05, 4.69) is 10.4 Å². The smallest absolute Gasteiger partial charge is 0.326 e. The van der Waals surface area contributed by atoms with E-state index in [4.69, 9.17) is 27.1 Å². The fraction of sp³-hybridized carbons (Fsp3) is 0.355. The number of nitrogens with one attached hydrogen (secondary N) is 1. The predicted molar refractivity (Wildman–Crippen MR) is 163 cm³/mol. The molecule has 3 heterocycles. The van der Waals surface area contributed by atoms with Crippen molar-refractivity contribution in [3.63, 3.8) is 0 Å². The van der Waals surface area contributed by atoms with Crippen molar-refractivity contribution in [3.05, 3.63) is 82.1 Å². The second-order valence-corrected chi connectivity index (χ2v) is 12.2. The van der Waals surface area contributed by atoms with Crippen molar-refractivity contribution >= 4 is 41.1 Å². The van der Waals surface area contributed by atoms with E-state index in [1.807, 2.05) is 39.0 Å². The number of hydrogen-bond acceptors (Lipinski definition) is 7. The molecule has 2 aromatic carbocycles. The number of benzene rings is 2. The van der Waals surface area contributed by atoms with E-state index >= 15 is 0 Å². The first-order valence-electron chi connectivity index (χ1n) is 14.1. The summed E-state index contributed by atoms with van der Waals surface area (Å²) in [5, 5.41) is 7.97. The van der Waals surface area contributed by atoms with Crippen LogP contribution in [0.5, 0.6) is 5.75 Å². The highest BCUT2D eigenvalue weighted by Crippen LogP contribution is 2.45. The third kappa shape index (κ3) is 6.60. The maximum atomic E-state index is 14.4. The van der Waals surface area contributed by atoms with Gasteiger partial charge >= 0.3 is 6.03 Å². The lowest BCUT2D eigenvalue weighted by molar-refractivity contribution is -0.123. The van der Waals surface area contributed by atoms with Gasteiger partial charge in [-0.2, -0.15) is 5.10 Å². The van der Waals surface area contributed by atoms with Gasteiger partial charge in [-0.1, -0.05) is 29.8 Å². The molecule has 230 valence electrons. The number of amides is 4. The Kier molecular flexibility index (Phi) is 8.46. The Morgan fingerprint density at radius 1 is 1.11 bits per heavy atom. The Bertz CT molecular complexity index is 1640. The number of ether oxygens (including phenoxy) is 1. The Morgan fingerprint density at radius 3 is 2.45 bits per heavy atom. The summed E-state index contributed by atoms with van der Waals surface area (Å²) in [6.45, 7) is 6.07. The summed E-state index contributed by atoms with van der Waals surface area (Å²) in [6, 6.07) is 12.1. The molecule has 2 atom stereocenters. The van der Waals surface area contributed by atoms with Gasteiger partial charge in [-0.3, -0.25) is 29.0 Å². The Balaban J connectivity index is 1.71. The van der Waals surface area contributed by atoms with E-state index in [0.717, 1.165) is 5.56 Å². The summed E-state index contributed by atoms with van der Waals surface area (Å²) >= 11 is 6.21. The predicted octanol–water partition coefficient (Wildman–Crippen LogP) is 3.41. The van der Waals surface area contributed by atoms with Crippen LogP contribution in [-0.2, 0) is 16.6 Å². The van der Waals surface area contributed by atoms with E-state index < -0.39 is 41.8 Å². The molecule has 3 N–H and O–H groups in total. The number of Topliss-reactive ketones (excluding diaryl/α,β-unsaturated/α-hetero) is 1. The van der Waals surface area contributed by atoms with Gasteiger partial charge in [0.2, 0.25) is 11.8 Å². The lowest BCUT2D eigenvalue weighted by Gasteiger charge is -2.35. The number of nitrogens with zero attached hydrogens (tertiary/aromatic N) is 5. The highest BCUT2D eigenvalue weighted by Gasteiger charge is 2.46. The molecule has 0 aliphatic carbocycles. The molecule has 13 heteroatoms. The van der Waals surface area contributed by atoms with E-state index in [1.54, 1.807) is 47.1 Å². The molecular formula is C31H34ClN7O5. The molecule has 0 radical (unpaired) electrons. The van der Waals surface area contributed by atoms with Crippen LogP contribution in [0, 0.1) is 0 Å². The van der Waals surface area contributed by atoms with Crippen LogP contribution in [0.1, 0.15) is 66.5 Å². The third-order valence-corrected chi connectivity index (χ3v) is 7.38. The fourth-order valence-corrected chi connectivity index (χ4v) is 5.38. The molecule has 0 saturated carbocycles. The van der Waals surface area contributed by atoms with Gasteiger partial charge in [-0.15, -0.1) is 0 Å². The lowest BCUT2D eigenvalue weighted by atomic mass is 9.97. The number of aromatic nitrogens is 2. The number of ketones is 1. The zero-order valence-electron chi connectivity index (χ0n) is 24.9. The van der Waals surface area contributed by atoms with Gasteiger partial charge in [-0.05, 0) is 56.7 Å². The molecule has 0 bridgehead atoms. The first-order valence-corrected chi connectivity index (χ1v) is 14.5. The van der Waals surface area contributed by atoms with Gasteiger partial charge in [0.15, 0.2) is 5.78 Å². The van der Waals surface area contributed by atoms with Crippen molar-refractivity contribution in [3.8, 4) is 5.75 Å². The Morgan fingerprint density at radius 2 is 1.84 bits per heavy atom. The lowest BCUT2D eigenvalue weighted by Crippen LogP contribution is -2.55. The van der Waals surface area contributed by atoms with Crippen LogP contribution >= 0.6 is 11.6 Å². The van der Waals surface area contributed by atoms with Crippen molar-refractivity contribution in [1.82, 2.24) is 24.9 Å². The van der Waals surface area contributed by atoms with Crippen molar-refractivity contribution in [2.75, 3.05) is 19.6 Å². The monoisotopic (exact) mass is 619 g/mol. The van der Waals surface area contributed by atoms with Crippen LogP contribution in [0.15, 0.2) is 59.7 Å². The van der Waals surface area contributed by atoms with Gasteiger partial charge in [0, 0.05) is 36.9 Å². The standard InChI is InChI=1S/C31H34ClN7O5/c1-31(2,3)44-24-15-19(23(40)16-25(33)41)7-10-21(24)29-35-27(18-5-8-20(32)9-6-18)28(22-11-13-37(4)36-22)39(29)30(43)38-14-12-34-26(42)17-38/h5-11,13,15,27-28H,12,14,16-17H2,1-4H3,(H2,33,41)(H,34,42)/t27-,28+/m0/s1. The van der Waals surface area contributed by atoms with Gasteiger partial charge in [0.05, 0.1) is 17.7 Å². The molecule has 0 unspecified atom stereocenters. The molecule has 1 saturated heterocycles. The second kappa shape index (κ2) is 12.1. The molecule has 2 aliphatic rings. The number of carbonyl (C=O) groups excluding carboxylic acids is 4. The van der Waals surface area contributed by atoms with Gasteiger partial charge in [0.25, 0.3) is 0 Å². The SMILES string of the molecule is Cn1ccc([C@@H]2[C@H](c3ccc(Cl)cc3)N=C(c3ccc(C(=O)CC(N)=O)cc3OC(C)(C)C)N2C(=O)N2CCNC(=O)C2)n1. The normalized spacial score (nSPS) is 18.6. The molecule has 4 amide bonds. The third-order valence-electron chi connectivity index (χ3n) is 7.13. The number of aryl methyl sites for hydroxylation is 1. The summed E-state index contributed by atoms with van der Waals surface area (Å²) in [7, 11) is 1.79. The van der Waals surface area contributed by atoms with Crippen molar-refractivity contribution in [2.45, 2.75) is 44.9 Å². The van der Waals surface area contributed by atoms with E-state index in [-0.39, 0.29) is 29.6 Å². The van der Waals surface area contributed by atoms with Crippen LogP contribution in [-0.4, -0.2) is 74.3 Å². The number of piperazine rings is 1. The molecule has 1 aromatic heterocycles. The topological polar surface area (TPSA) is 152 Å². The van der Waals surface area contributed by atoms with Crippen LogP contribution in [0.4, 0.5) is 4.79 Å². The number of carbonyl (C=O) groups is 4. The fourth-order valence-electron chi connectivity index (χ4n) is 5.26. The molecule has 3 aromatic rings. The van der Waals surface area contributed by atoms with Gasteiger partial charge < -0.3 is 20.7 Å². The minimum Gasteiger partial charge on any atom is -0.487 e. The molecular weight excluding hydrogens is 586 g/mol. The maximum absolute atomic E-state index is 14.4. The van der Waals surface area contributed by atoms with E-state index in [1.165, 1.54) is 11.0 Å². The largest absolute Gasteiger partial charge is 0.487 e. The van der Waals surface area contributed by atoms with Crippen LogP contribution in [0.3, 0.4) is 0 Å². The number of halogens is 1. The second-order valence-electron chi connectivity index (χ2n) is 11.7. The number of rotatable bonds is 7. The molecule has 0 spiro atoms. The average molecular weight is 620 g/mol. The highest BCUT2D eigenvalue weighted by atomic mass is 35.5. The van der Waals surface area contributed by atoms with Gasteiger partial charge in [0.1, 0.15) is 35.8 Å². The summed E-state index contributed by atoms with van der Waals surface area (Å²) in [6.07, 6.45) is 1.33. The zero-order chi connectivity index (χ0) is 31.8. The molecule has 44 heavy (non-hydrogen) atoms. The number of primary amides is 1. The number of amidine groups is 1. The summed E-state index contributed by atoms with van der Waals surface area (Å²) in [4.78, 5) is 59.2. The van der Waals surface area contributed by atoms with Crippen molar-refractivity contribution in [1.29, 1.82) is 0 Å². The summed E-state index contributed by atoms with van der Waals surface area (Å²) < 4.78 is 7.98. The van der Waals surface area contributed by atoms with Crippen molar-refractivity contribution < 1.29 is 23.9 Å². The average Bonchev–Trinajstić information content (AvgIpc) is 3.55. The van der Waals surface area contributed by atoms with E-state index in [0.29, 0.717) is 29.4 Å².